The molecule has 2 aliphatic carbocycles. The lowest BCUT2D eigenvalue weighted by Crippen LogP contribution is -2.42. The van der Waals surface area contributed by atoms with E-state index in [0.717, 1.165) is 17.2 Å². The maximum Gasteiger partial charge on any atom is 0.339 e. The van der Waals surface area contributed by atoms with E-state index in [2.05, 4.69) is 18.1 Å². The first-order chi connectivity index (χ1) is 13.3. The number of carbonyl (C=O) groups is 1. The third-order valence-corrected chi connectivity index (χ3v) is 6.89. The molecule has 2 heterocycles. The number of allylic oxidation sites excluding steroid dienone is 2. The van der Waals surface area contributed by atoms with Gasteiger partial charge in [0.25, 0.3) is 0 Å². The molecule has 4 nitrogen and oxygen atoms in total. The van der Waals surface area contributed by atoms with Gasteiger partial charge in [-0.05, 0) is 35.1 Å². The number of hydrogen-bond acceptors (Lipinski definition) is 4. The topological polar surface area (TPSA) is 52.6 Å². The van der Waals surface area contributed by atoms with Gasteiger partial charge in [0, 0.05) is 11.8 Å². The lowest BCUT2D eigenvalue weighted by molar-refractivity contribution is -0.00512. The zero-order valence-electron chi connectivity index (χ0n) is 14.6. The highest BCUT2D eigenvalue weighted by Gasteiger charge is 2.66. The lowest BCUT2D eigenvalue weighted by Gasteiger charge is -2.33. The molecule has 2 aromatic carbocycles. The van der Waals surface area contributed by atoms with E-state index in [1.807, 2.05) is 36.4 Å². The van der Waals surface area contributed by atoms with E-state index < -0.39 is 12.1 Å². The molecule has 7 unspecified atom stereocenters. The van der Waals surface area contributed by atoms with Crippen LogP contribution in [0.15, 0.2) is 60.2 Å². The van der Waals surface area contributed by atoms with E-state index in [9.17, 15) is 9.59 Å². The number of hydrogen-bond donors (Lipinski definition) is 0. The average Bonchev–Trinajstić information content (AvgIpc) is 3.46. The Morgan fingerprint density at radius 1 is 1.04 bits per heavy atom. The molecule has 4 heteroatoms. The SMILES string of the molecule is O=C=C1C(OC(=O)c2cccc3ccccc23)C2OC1C1C3C=CC(C3)C21. The molecule has 2 saturated heterocycles. The highest BCUT2D eigenvalue weighted by molar-refractivity contribution is 6.04. The van der Waals surface area contributed by atoms with Gasteiger partial charge in [-0.15, -0.1) is 0 Å². The molecule has 27 heavy (non-hydrogen) atoms. The van der Waals surface area contributed by atoms with Crippen LogP contribution in [0.2, 0.25) is 0 Å². The van der Waals surface area contributed by atoms with E-state index in [1.54, 1.807) is 6.07 Å². The number of esters is 1. The smallest absolute Gasteiger partial charge is 0.339 e. The first-order valence-corrected chi connectivity index (χ1v) is 9.53. The van der Waals surface area contributed by atoms with Crippen molar-refractivity contribution in [3.8, 4) is 0 Å². The van der Waals surface area contributed by atoms with Crippen LogP contribution in [0.25, 0.3) is 10.8 Å². The molecule has 0 radical (unpaired) electrons. The summed E-state index contributed by atoms with van der Waals surface area (Å²) < 4.78 is 12.0. The summed E-state index contributed by atoms with van der Waals surface area (Å²) in [6.07, 6.45) is 4.56. The fourth-order valence-corrected chi connectivity index (χ4v) is 5.86. The minimum atomic E-state index is -0.618. The van der Waals surface area contributed by atoms with Gasteiger partial charge in [-0.3, -0.25) is 0 Å². The molecular weight excluding hydrogens is 340 g/mol. The maximum absolute atomic E-state index is 13.0. The van der Waals surface area contributed by atoms with Gasteiger partial charge in [-0.25, -0.2) is 9.59 Å². The van der Waals surface area contributed by atoms with Crippen molar-refractivity contribution in [2.45, 2.75) is 24.7 Å². The van der Waals surface area contributed by atoms with Crippen molar-refractivity contribution < 1.29 is 19.1 Å². The van der Waals surface area contributed by atoms with E-state index >= 15 is 0 Å². The molecule has 6 rings (SSSR count). The number of fused-ring (bicyclic) bond motifs is 10. The molecule has 1 saturated carbocycles. The Morgan fingerprint density at radius 2 is 1.81 bits per heavy atom. The zero-order valence-corrected chi connectivity index (χ0v) is 14.6. The zero-order chi connectivity index (χ0) is 18.1. The Kier molecular flexibility index (Phi) is 3.09. The second-order valence-electron chi connectivity index (χ2n) is 8.03. The largest absolute Gasteiger partial charge is 0.451 e. The quantitative estimate of drug-likeness (QED) is 0.469. The molecular formula is C23H18O4. The normalized spacial score (nSPS) is 37.6. The molecule has 134 valence electrons. The van der Waals surface area contributed by atoms with Crippen LogP contribution in [-0.4, -0.2) is 30.2 Å². The molecule has 7 atom stereocenters. The van der Waals surface area contributed by atoms with Crippen molar-refractivity contribution in [1.82, 2.24) is 0 Å². The summed E-state index contributed by atoms with van der Waals surface area (Å²) in [5, 5.41) is 1.84. The van der Waals surface area contributed by atoms with Crippen molar-refractivity contribution in [1.29, 1.82) is 0 Å². The fourth-order valence-electron chi connectivity index (χ4n) is 5.86. The van der Waals surface area contributed by atoms with Crippen LogP contribution in [0.1, 0.15) is 16.8 Å². The van der Waals surface area contributed by atoms with Crippen molar-refractivity contribution in [2.24, 2.45) is 23.7 Å². The van der Waals surface area contributed by atoms with Crippen LogP contribution >= 0.6 is 0 Å². The van der Waals surface area contributed by atoms with Crippen LogP contribution in [0.5, 0.6) is 0 Å². The summed E-state index contributed by atoms with van der Waals surface area (Å²) in [7, 11) is 0. The Balaban J connectivity index is 1.34. The molecule has 0 spiro atoms. The fraction of sp³-hybridized carbons (Fsp3) is 0.348. The second kappa shape index (κ2) is 5.41. The molecule has 0 amide bonds. The van der Waals surface area contributed by atoms with Gasteiger partial charge in [0.1, 0.15) is 12.0 Å². The van der Waals surface area contributed by atoms with E-state index in [0.29, 0.717) is 34.8 Å². The monoisotopic (exact) mass is 358 g/mol. The Labute approximate surface area is 156 Å². The first kappa shape index (κ1) is 15.4. The number of carbonyl (C=O) groups excluding carboxylic acids is 2. The van der Waals surface area contributed by atoms with Crippen molar-refractivity contribution in [3.63, 3.8) is 0 Å². The van der Waals surface area contributed by atoms with E-state index in [-0.39, 0.29) is 12.2 Å². The molecule has 2 aliphatic heterocycles. The van der Waals surface area contributed by atoms with Crippen molar-refractivity contribution in [3.05, 3.63) is 65.8 Å². The summed E-state index contributed by atoms with van der Waals surface area (Å²) in [6, 6.07) is 13.3. The molecule has 0 aromatic heterocycles. The maximum atomic E-state index is 13.0. The Bertz CT molecular complexity index is 1040. The summed E-state index contributed by atoms with van der Waals surface area (Å²) >= 11 is 0. The van der Waals surface area contributed by atoms with Gasteiger partial charge in [-0.2, -0.15) is 0 Å². The van der Waals surface area contributed by atoms with E-state index in [4.69, 9.17) is 9.47 Å². The molecule has 2 aromatic rings. The van der Waals surface area contributed by atoms with E-state index in [1.165, 1.54) is 0 Å². The third-order valence-electron chi connectivity index (χ3n) is 6.89. The highest BCUT2D eigenvalue weighted by Crippen LogP contribution is 2.61. The van der Waals surface area contributed by atoms with Crippen LogP contribution < -0.4 is 0 Å². The van der Waals surface area contributed by atoms with Crippen molar-refractivity contribution >= 4 is 22.7 Å². The number of rotatable bonds is 2. The van der Waals surface area contributed by atoms with Gasteiger partial charge >= 0.3 is 5.97 Å². The summed E-state index contributed by atoms with van der Waals surface area (Å²) in [5.41, 5.74) is 1.00. The number of ether oxygens (including phenoxy) is 2. The molecule has 4 bridgehead atoms. The molecule has 0 N–H and O–H groups in total. The standard InChI is InChI=1S/C23H18O4/c24-11-17-20-18-13-8-9-14(10-13)19(18)22(26-20)21(17)27-23(25)16-7-3-5-12-4-1-2-6-15(12)16/h1-9,13-14,18-22H,10H2. The Hall–Kier alpha value is -2.68. The van der Waals surface area contributed by atoms with Crippen LogP contribution in [0, 0.1) is 23.7 Å². The second-order valence-corrected chi connectivity index (χ2v) is 8.03. The van der Waals surface area contributed by atoms with Crippen LogP contribution in [0.4, 0.5) is 0 Å². The van der Waals surface area contributed by atoms with Gasteiger partial charge in [0.2, 0.25) is 0 Å². The van der Waals surface area contributed by atoms with Crippen LogP contribution in [-0.2, 0) is 14.3 Å². The number of benzene rings is 2. The third kappa shape index (κ3) is 1.97. The summed E-state index contributed by atoms with van der Waals surface area (Å²) in [6.45, 7) is 0. The molecule has 3 fully saturated rings. The first-order valence-electron chi connectivity index (χ1n) is 9.53. The predicted molar refractivity (Wildman–Crippen MR) is 98.7 cm³/mol. The van der Waals surface area contributed by atoms with Gasteiger partial charge in [-0.1, -0.05) is 48.6 Å². The van der Waals surface area contributed by atoms with Gasteiger partial charge in [0.15, 0.2) is 6.10 Å². The Morgan fingerprint density at radius 3 is 2.67 bits per heavy atom. The minimum absolute atomic E-state index is 0.227. The van der Waals surface area contributed by atoms with Gasteiger partial charge in [0.05, 0.1) is 17.2 Å². The van der Waals surface area contributed by atoms with Crippen LogP contribution in [0.3, 0.4) is 0 Å². The van der Waals surface area contributed by atoms with Crippen molar-refractivity contribution in [2.75, 3.05) is 0 Å². The minimum Gasteiger partial charge on any atom is -0.451 e. The average molecular weight is 358 g/mol. The summed E-state index contributed by atoms with van der Waals surface area (Å²) in [4.78, 5) is 24.7. The highest BCUT2D eigenvalue weighted by atomic mass is 16.6. The summed E-state index contributed by atoms with van der Waals surface area (Å²) in [5.74, 6) is 3.28. The van der Waals surface area contributed by atoms with Gasteiger partial charge < -0.3 is 9.47 Å². The lowest BCUT2D eigenvalue weighted by atomic mass is 9.71. The molecule has 4 aliphatic rings. The predicted octanol–water partition coefficient (Wildman–Crippen LogP) is 3.34.